The molecule has 3 aromatic heterocycles. The minimum atomic E-state index is -0.210. The van der Waals surface area contributed by atoms with E-state index in [1.54, 1.807) is 34.3 Å². The standard InChI is InChI=1S/C34H36N8O3/c1-24-28(8-5-9-29(24)39-34(44)42(14-12-35)22-25-6-3-2-4-7-25)27-20-30(32-36-13-15-41(32)23-27)38-31-11-10-26(21-37-31)33(43)40-16-18-45-19-17-40/h2-11,13,15,20-21,23H,12,14,16-19,22,35H2,1H3,(H,37,38)(H,39,44). The third-order valence-electron chi connectivity index (χ3n) is 7.85. The molecule has 2 aromatic carbocycles. The largest absolute Gasteiger partial charge is 0.378 e. The monoisotopic (exact) mass is 604 g/mol. The van der Waals surface area contributed by atoms with Crippen molar-refractivity contribution in [2.45, 2.75) is 13.5 Å². The number of hydrogen-bond acceptors (Lipinski definition) is 7. The minimum Gasteiger partial charge on any atom is -0.378 e. The summed E-state index contributed by atoms with van der Waals surface area (Å²) in [5.74, 6) is 0.537. The zero-order valence-corrected chi connectivity index (χ0v) is 25.1. The Balaban J connectivity index is 1.23. The number of aromatic nitrogens is 3. The number of carbonyl (C=O) groups excluding carboxylic acids is 2. The van der Waals surface area contributed by atoms with Crippen molar-refractivity contribution in [3.05, 3.63) is 108 Å². The maximum atomic E-state index is 13.4. The molecule has 4 N–H and O–H groups in total. The van der Waals surface area contributed by atoms with E-state index in [1.165, 1.54) is 0 Å². The van der Waals surface area contributed by atoms with Crippen LogP contribution in [0.25, 0.3) is 16.8 Å². The number of hydrogen-bond donors (Lipinski definition) is 3. The second-order valence-corrected chi connectivity index (χ2v) is 10.9. The number of benzene rings is 2. The predicted octanol–water partition coefficient (Wildman–Crippen LogP) is 4.91. The van der Waals surface area contributed by atoms with Crippen molar-refractivity contribution >= 4 is 34.8 Å². The van der Waals surface area contributed by atoms with Gasteiger partial charge in [0.25, 0.3) is 5.91 Å². The highest BCUT2D eigenvalue weighted by Gasteiger charge is 2.20. The number of rotatable bonds is 9. The smallest absolute Gasteiger partial charge is 0.322 e. The highest BCUT2D eigenvalue weighted by atomic mass is 16.5. The van der Waals surface area contributed by atoms with E-state index in [0.717, 1.165) is 39.3 Å². The first kappa shape index (κ1) is 29.8. The van der Waals surface area contributed by atoms with E-state index in [-0.39, 0.29) is 11.9 Å². The maximum Gasteiger partial charge on any atom is 0.322 e. The highest BCUT2D eigenvalue weighted by molar-refractivity contribution is 5.94. The van der Waals surface area contributed by atoms with Crippen molar-refractivity contribution in [2.75, 3.05) is 50.0 Å². The molecule has 6 rings (SSSR count). The fraction of sp³-hybridized carbons (Fsp3) is 0.235. The van der Waals surface area contributed by atoms with Crippen LogP contribution in [0.2, 0.25) is 0 Å². The number of morpholine rings is 1. The molecule has 0 radical (unpaired) electrons. The van der Waals surface area contributed by atoms with Gasteiger partial charge in [-0.3, -0.25) is 4.79 Å². The van der Waals surface area contributed by atoms with E-state index in [1.807, 2.05) is 78.3 Å². The van der Waals surface area contributed by atoms with Crippen LogP contribution in [0.4, 0.5) is 22.0 Å². The van der Waals surface area contributed by atoms with Crippen LogP contribution in [-0.4, -0.2) is 75.5 Å². The van der Waals surface area contributed by atoms with Gasteiger partial charge in [-0.1, -0.05) is 42.5 Å². The number of fused-ring (bicyclic) bond motifs is 1. The number of ether oxygens (including phenoxy) is 1. The van der Waals surface area contributed by atoms with Gasteiger partial charge in [0.05, 0.1) is 24.5 Å². The number of imidazole rings is 1. The van der Waals surface area contributed by atoms with Gasteiger partial charge in [0.15, 0.2) is 5.65 Å². The molecule has 45 heavy (non-hydrogen) atoms. The lowest BCUT2D eigenvalue weighted by molar-refractivity contribution is 0.0302. The average molecular weight is 605 g/mol. The molecule has 0 aliphatic carbocycles. The van der Waals surface area contributed by atoms with Crippen molar-refractivity contribution in [3.8, 4) is 11.1 Å². The molecule has 1 aliphatic rings. The minimum absolute atomic E-state index is 0.0522. The Kier molecular flexibility index (Phi) is 8.99. The summed E-state index contributed by atoms with van der Waals surface area (Å²) in [5, 5.41) is 6.48. The Morgan fingerprint density at radius 1 is 1.00 bits per heavy atom. The Morgan fingerprint density at radius 3 is 2.58 bits per heavy atom. The van der Waals surface area contributed by atoms with Crippen molar-refractivity contribution < 1.29 is 14.3 Å². The Hall–Kier alpha value is -5.26. The molecule has 11 nitrogen and oxygen atoms in total. The molecule has 0 spiro atoms. The molecule has 0 bridgehead atoms. The maximum absolute atomic E-state index is 13.4. The van der Waals surface area contributed by atoms with E-state index >= 15 is 0 Å². The van der Waals surface area contributed by atoms with E-state index in [0.29, 0.717) is 57.3 Å². The number of nitrogens with one attached hydrogen (secondary N) is 2. The van der Waals surface area contributed by atoms with Crippen molar-refractivity contribution in [3.63, 3.8) is 0 Å². The third-order valence-corrected chi connectivity index (χ3v) is 7.85. The summed E-state index contributed by atoms with van der Waals surface area (Å²) in [7, 11) is 0. The van der Waals surface area contributed by atoms with Gasteiger partial charge in [0, 0.05) is 68.8 Å². The number of nitrogens with two attached hydrogens (primary N) is 1. The van der Waals surface area contributed by atoms with E-state index in [9.17, 15) is 9.59 Å². The van der Waals surface area contributed by atoms with E-state index < -0.39 is 0 Å². The first-order valence-electron chi connectivity index (χ1n) is 15.0. The zero-order valence-electron chi connectivity index (χ0n) is 25.1. The lowest BCUT2D eigenvalue weighted by atomic mass is 10.00. The Labute approximate surface area is 261 Å². The first-order chi connectivity index (χ1) is 22.0. The fourth-order valence-electron chi connectivity index (χ4n) is 5.44. The molecule has 0 atom stereocenters. The van der Waals surface area contributed by atoms with Gasteiger partial charge in [-0.25, -0.2) is 14.8 Å². The lowest BCUT2D eigenvalue weighted by Crippen LogP contribution is -2.40. The quantitative estimate of drug-likeness (QED) is 0.218. The van der Waals surface area contributed by atoms with Crippen LogP contribution in [0.5, 0.6) is 0 Å². The summed E-state index contributed by atoms with van der Waals surface area (Å²) in [4.78, 5) is 38.8. The summed E-state index contributed by atoms with van der Waals surface area (Å²) >= 11 is 0. The lowest BCUT2D eigenvalue weighted by Gasteiger charge is -2.26. The first-order valence-corrected chi connectivity index (χ1v) is 15.0. The SMILES string of the molecule is Cc1c(NC(=O)N(CCN)Cc2ccccc2)cccc1-c1cc(Nc2ccc(C(=O)N3CCOCC3)cn2)c2nccn2c1. The van der Waals surface area contributed by atoms with Gasteiger partial charge in [0.2, 0.25) is 0 Å². The molecule has 5 aromatic rings. The van der Waals surface area contributed by atoms with Crippen LogP contribution >= 0.6 is 0 Å². The predicted molar refractivity (Wildman–Crippen MR) is 175 cm³/mol. The van der Waals surface area contributed by atoms with Crippen LogP contribution < -0.4 is 16.4 Å². The average Bonchev–Trinajstić information content (AvgIpc) is 3.56. The molecule has 0 unspecified atom stereocenters. The van der Waals surface area contributed by atoms with Gasteiger partial charge >= 0.3 is 6.03 Å². The number of urea groups is 1. The van der Waals surface area contributed by atoms with Crippen LogP contribution in [0.1, 0.15) is 21.5 Å². The molecular formula is C34H36N8O3. The third kappa shape index (κ3) is 6.79. The number of pyridine rings is 2. The van der Waals surface area contributed by atoms with Crippen LogP contribution in [-0.2, 0) is 11.3 Å². The molecule has 4 heterocycles. The molecule has 0 saturated carbocycles. The topological polar surface area (TPSA) is 130 Å². The normalized spacial score (nSPS) is 13.1. The van der Waals surface area contributed by atoms with Crippen LogP contribution in [0.15, 0.2) is 91.5 Å². The van der Waals surface area contributed by atoms with E-state index in [2.05, 4.69) is 20.6 Å². The molecule has 230 valence electrons. The summed E-state index contributed by atoms with van der Waals surface area (Å²) in [6.07, 6.45) is 7.23. The second kappa shape index (κ2) is 13.6. The van der Waals surface area contributed by atoms with Gasteiger partial charge in [0.1, 0.15) is 5.82 Å². The van der Waals surface area contributed by atoms with Crippen molar-refractivity contribution in [2.24, 2.45) is 5.73 Å². The van der Waals surface area contributed by atoms with Crippen LogP contribution in [0.3, 0.4) is 0 Å². The molecule has 3 amide bonds. The van der Waals surface area contributed by atoms with Crippen LogP contribution in [0, 0.1) is 6.92 Å². The van der Waals surface area contributed by atoms with Gasteiger partial charge in [-0.2, -0.15) is 0 Å². The molecule has 1 aliphatic heterocycles. The summed E-state index contributed by atoms with van der Waals surface area (Å²) in [5.41, 5.74) is 12.4. The fourth-order valence-corrected chi connectivity index (χ4v) is 5.44. The number of amides is 3. The summed E-state index contributed by atoms with van der Waals surface area (Å²) in [6.45, 7) is 5.50. The molecule has 1 saturated heterocycles. The number of nitrogens with zero attached hydrogens (tertiary/aromatic N) is 5. The van der Waals surface area contributed by atoms with E-state index in [4.69, 9.17) is 10.5 Å². The number of carbonyl (C=O) groups is 2. The molecule has 11 heteroatoms. The van der Waals surface area contributed by atoms with Crippen molar-refractivity contribution in [1.82, 2.24) is 24.2 Å². The summed E-state index contributed by atoms with van der Waals surface area (Å²) < 4.78 is 7.30. The summed E-state index contributed by atoms with van der Waals surface area (Å²) in [6, 6.07) is 21.1. The van der Waals surface area contributed by atoms with Gasteiger partial charge in [-0.05, 0) is 47.9 Å². The second-order valence-electron chi connectivity index (χ2n) is 10.9. The van der Waals surface area contributed by atoms with Gasteiger partial charge in [-0.15, -0.1) is 0 Å². The molecule has 1 fully saturated rings. The molecular weight excluding hydrogens is 568 g/mol. The van der Waals surface area contributed by atoms with Crippen molar-refractivity contribution in [1.29, 1.82) is 0 Å². The Bertz CT molecular complexity index is 1780. The zero-order chi connectivity index (χ0) is 31.2. The number of anilines is 3. The Morgan fingerprint density at radius 2 is 1.82 bits per heavy atom. The highest BCUT2D eigenvalue weighted by Crippen LogP contribution is 2.32. The van der Waals surface area contributed by atoms with Gasteiger partial charge < -0.3 is 35.3 Å².